The maximum Gasteiger partial charge on any atom is 0.187 e. The first-order valence-corrected chi connectivity index (χ1v) is 6.86. The summed E-state index contributed by atoms with van der Waals surface area (Å²) in [5.41, 5.74) is 0. The smallest absolute Gasteiger partial charge is 0.187 e. The topological polar surface area (TPSA) is 135 Å². The van der Waals surface area contributed by atoms with Crippen molar-refractivity contribution in [2.45, 2.75) is 30.7 Å². The number of rotatable bonds is 13. The van der Waals surface area contributed by atoms with Crippen LogP contribution in [0.2, 0.25) is 0 Å². The second kappa shape index (κ2) is 11.9. The first-order valence-electron chi connectivity index (χ1n) is 8.86. The summed E-state index contributed by atoms with van der Waals surface area (Å²) in [7, 11) is 0. The Bertz CT molecular complexity index is 574. The molecule has 0 amide bonds. The minimum absolute atomic E-state index is 0.690. The molecule has 1 saturated heterocycles. The molecule has 1 rings (SSSR count). The van der Waals surface area contributed by atoms with Gasteiger partial charge < -0.3 is 48.0 Å². The van der Waals surface area contributed by atoms with Crippen molar-refractivity contribution in [2.75, 3.05) is 33.0 Å². The molecule has 10 heteroatoms. The number of carbonyl (C=O) groups is 4. The van der Waals surface area contributed by atoms with Crippen LogP contribution in [0.15, 0.2) is 0 Å². The van der Waals surface area contributed by atoms with Crippen LogP contribution in [0.1, 0.15) is 5.48 Å². The molecule has 1 aliphatic rings. The lowest BCUT2D eigenvalue weighted by molar-refractivity contribution is -0.316. The molecule has 0 aromatic rings. The van der Waals surface area contributed by atoms with Gasteiger partial charge in [-0.25, -0.2) is 0 Å². The first-order chi connectivity index (χ1) is 13.1. The van der Waals surface area contributed by atoms with Gasteiger partial charge in [-0.3, -0.25) is 0 Å². The van der Waals surface area contributed by atoms with Gasteiger partial charge in [-0.15, -0.1) is 0 Å². The molecule has 0 saturated carbocycles. The predicted octanol–water partition coefficient (Wildman–Crippen LogP) is -2.33. The van der Waals surface area contributed by atoms with Gasteiger partial charge >= 0.3 is 0 Å². The molecule has 0 spiro atoms. The molecular formula is C14H20O10. The van der Waals surface area contributed by atoms with Crippen LogP contribution in [-0.2, 0) is 42.9 Å². The lowest BCUT2D eigenvalue weighted by Crippen LogP contribution is -2.62. The van der Waals surface area contributed by atoms with E-state index in [-0.39, 0.29) is 0 Å². The maximum absolute atomic E-state index is 11.0. The minimum atomic E-state index is -1.47. The number of hydrogen-bond acceptors (Lipinski definition) is 10. The van der Waals surface area contributed by atoms with E-state index in [4.69, 9.17) is 29.2 Å². The van der Waals surface area contributed by atoms with Gasteiger partial charge in [0.2, 0.25) is 0 Å². The van der Waals surface area contributed by atoms with Gasteiger partial charge in [0.15, 0.2) is 6.29 Å². The minimum Gasteiger partial charge on any atom is -0.394 e. The van der Waals surface area contributed by atoms with E-state index in [0.717, 1.165) is 0 Å². The zero-order valence-electron chi connectivity index (χ0n) is 16.5. The Morgan fingerprint density at radius 1 is 0.792 bits per heavy atom. The number of hydrogen-bond donors (Lipinski definition) is 1. The zero-order valence-corrected chi connectivity index (χ0v) is 12.5. The predicted molar refractivity (Wildman–Crippen MR) is 75.2 cm³/mol. The third kappa shape index (κ3) is 5.82. The summed E-state index contributed by atoms with van der Waals surface area (Å²) in [6.45, 7) is -3.66. The van der Waals surface area contributed by atoms with Crippen LogP contribution in [0.4, 0.5) is 0 Å². The van der Waals surface area contributed by atoms with Crippen molar-refractivity contribution in [1.29, 1.82) is 0 Å². The van der Waals surface area contributed by atoms with Crippen LogP contribution in [0.5, 0.6) is 0 Å². The molecule has 1 fully saturated rings. The Morgan fingerprint density at radius 2 is 1.25 bits per heavy atom. The summed E-state index contributed by atoms with van der Waals surface area (Å²) < 4.78 is 53.9. The monoisotopic (exact) mass is 352 g/mol. The zero-order chi connectivity index (χ0) is 21.3. The second-order valence-electron chi connectivity index (χ2n) is 4.44. The van der Waals surface area contributed by atoms with Crippen molar-refractivity contribution in [3.63, 3.8) is 0 Å². The van der Waals surface area contributed by atoms with E-state index in [1.807, 2.05) is 0 Å². The fraction of sp³-hybridized carbons (Fsp3) is 0.714. The van der Waals surface area contributed by atoms with E-state index in [2.05, 4.69) is 0 Å². The van der Waals surface area contributed by atoms with Gasteiger partial charge in [0.1, 0.15) is 81.4 Å². The van der Waals surface area contributed by atoms with Gasteiger partial charge in [-0.05, 0) is 0 Å². The standard InChI is InChI=1S/C14H20O10/c15-1-5-20-11-10(9-19)24-14(23-8-4-18)13(22-7-3-17)12(11)21-6-2-16/h1-4,10-14,19H,5-9H2/t10-,11-,12+,13-,14?/m1/s1/i1D,2D,3D,4D. The summed E-state index contributed by atoms with van der Waals surface area (Å²) in [6, 6.07) is 0. The Kier molecular flexibility index (Phi) is 7.31. The normalized spacial score (nSPS) is 32.1. The van der Waals surface area contributed by atoms with Crippen molar-refractivity contribution in [3.8, 4) is 0 Å². The highest BCUT2D eigenvalue weighted by Gasteiger charge is 2.48. The number of carbonyl (C=O) groups excluding carboxylic acids is 4. The summed E-state index contributed by atoms with van der Waals surface area (Å²) in [5, 5.41) is 9.54. The molecule has 1 N–H and O–H groups in total. The van der Waals surface area contributed by atoms with Crippen molar-refractivity contribution in [3.05, 3.63) is 0 Å². The molecule has 0 aromatic carbocycles. The highest BCUT2D eigenvalue weighted by molar-refractivity contribution is 5.51. The number of aliphatic hydroxyl groups is 1. The molecule has 1 aliphatic heterocycles. The van der Waals surface area contributed by atoms with E-state index in [0.29, 0.717) is 0 Å². The second-order valence-corrected chi connectivity index (χ2v) is 4.44. The molecular weight excluding hydrogens is 328 g/mol. The molecule has 0 bridgehead atoms. The molecule has 0 aliphatic carbocycles. The maximum atomic E-state index is 11.0. The number of aldehydes is 4. The van der Waals surface area contributed by atoms with E-state index >= 15 is 0 Å². The third-order valence-electron chi connectivity index (χ3n) is 3.08. The van der Waals surface area contributed by atoms with E-state index < -0.39 is 88.8 Å². The van der Waals surface area contributed by atoms with Crippen molar-refractivity contribution in [2.24, 2.45) is 0 Å². The van der Waals surface area contributed by atoms with Crippen molar-refractivity contribution in [1.82, 2.24) is 0 Å². The fourth-order valence-electron chi connectivity index (χ4n) is 2.23. The molecule has 10 nitrogen and oxygen atoms in total. The lowest BCUT2D eigenvalue weighted by Gasteiger charge is -2.44. The molecule has 0 aromatic heterocycles. The van der Waals surface area contributed by atoms with Gasteiger partial charge in [0.25, 0.3) is 0 Å². The number of aliphatic hydroxyl groups excluding tert-OH is 1. The Morgan fingerprint density at radius 3 is 1.75 bits per heavy atom. The summed E-state index contributed by atoms with van der Waals surface area (Å²) >= 11 is 0. The fourth-order valence-corrected chi connectivity index (χ4v) is 2.23. The molecule has 1 heterocycles. The highest BCUT2D eigenvalue weighted by Crippen LogP contribution is 2.28. The summed E-state index contributed by atoms with van der Waals surface area (Å²) in [5.74, 6) is 0. The van der Waals surface area contributed by atoms with Crippen LogP contribution >= 0.6 is 0 Å². The van der Waals surface area contributed by atoms with Crippen LogP contribution in [0.25, 0.3) is 0 Å². The molecule has 5 atom stereocenters. The van der Waals surface area contributed by atoms with Gasteiger partial charge in [0.05, 0.1) is 6.61 Å². The van der Waals surface area contributed by atoms with E-state index in [1.54, 1.807) is 0 Å². The molecule has 24 heavy (non-hydrogen) atoms. The summed E-state index contributed by atoms with van der Waals surface area (Å²) in [4.78, 5) is 43.7. The largest absolute Gasteiger partial charge is 0.394 e. The van der Waals surface area contributed by atoms with Crippen molar-refractivity contribution < 1.29 is 53.5 Å². The molecule has 136 valence electrons. The van der Waals surface area contributed by atoms with Crippen LogP contribution < -0.4 is 0 Å². The third-order valence-corrected chi connectivity index (χ3v) is 3.08. The average Bonchev–Trinajstić information content (AvgIpc) is 2.60. The first kappa shape index (κ1) is 14.8. The SMILES string of the molecule is [2H]C(=O)COC1O[C@H](CO)[C@@H](OCC([2H])=O)[C@H](OCC([2H])=O)[C@H]1OCC([2H])=O. The van der Waals surface area contributed by atoms with E-state index in [1.165, 1.54) is 0 Å². The van der Waals surface area contributed by atoms with Crippen LogP contribution in [0, 0.1) is 0 Å². The van der Waals surface area contributed by atoms with E-state index in [9.17, 15) is 24.3 Å². The van der Waals surface area contributed by atoms with Gasteiger partial charge in [0, 0.05) is 0 Å². The molecule has 0 radical (unpaired) electrons. The summed E-state index contributed by atoms with van der Waals surface area (Å²) in [6.07, 6.45) is -11.2. The quantitative estimate of drug-likeness (QED) is 0.360. The lowest BCUT2D eigenvalue weighted by atomic mass is 9.98. The average molecular weight is 352 g/mol. The Balaban J connectivity index is 3.14. The van der Waals surface area contributed by atoms with Crippen LogP contribution in [-0.4, -0.2) is 93.9 Å². The van der Waals surface area contributed by atoms with Gasteiger partial charge in [-0.1, -0.05) is 0 Å². The van der Waals surface area contributed by atoms with Crippen LogP contribution in [0.3, 0.4) is 0 Å². The van der Waals surface area contributed by atoms with Gasteiger partial charge in [-0.2, -0.15) is 0 Å². The molecule has 1 unspecified atom stereocenters. The number of ether oxygens (including phenoxy) is 5. The van der Waals surface area contributed by atoms with Crippen molar-refractivity contribution >= 4 is 25.0 Å². The Hall–Kier alpha value is -1.56. The highest BCUT2D eigenvalue weighted by atomic mass is 16.7. The Labute approximate surface area is 143 Å².